The minimum atomic E-state index is -0.107. The molecule has 0 amide bonds. The number of benzene rings is 9. The molecule has 2 heteroatoms. The zero-order valence-electron chi connectivity index (χ0n) is 33.1. The largest absolute Gasteiger partial charge is 0.310 e. The van der Waals surface area contributed by atoms with E-state index in [9.17, 15) is 0 Å². The van der Waals surface area contributed by atoms with Gasteiger partial charge in [0, 0.05) is 48.2 Å². The summed E-state index contributed by atoms with van der Waals surface area (Å²) in [5.74, 6) is 0. The van der Waals surface area contributed by atoms with E-state index in [2.05, 4.69) is 231 Å². The molecule has 1 aliphatic rings. The van der Waals surface area contributed by atoms with Crippen molar-refractivity contribution in [3.63, 3.8) is 0 Å². The van der Waals surface area contributed by atoms with Gasteiger partial charge in [0.25, 0.3) is 0 Å². The van der Waals surface area contributed by atoms with Crippen LogP contribution in [-0.4, -0.2) is 0 Å². The zero-order chi connectivity index (χ0) is 39.5. The molecule has 280 valence electrons. The average molecular weight is 772 g/mol. The predicted molar refractivity (Wildman–Crippen MR) is 253 cm³/mol. The van der Waals surface area contributed by atoms with Crippen molar-refractivity contribution in [1.29, 1.82) is 0 Å². The average Bonchev–Trinajstić information content (AvgIpc) is 3.79. The van der Waals surface area contributed by atoms with E-state index >= 15 is 0 Å². The van der Waals surface area contributed by atoms with Crippen molar-refractivity contribution in [2.45, 2.75) is 19.3 Å². The molecule has 1 aromatic heterocycles. The van der Waals surface area contributed by atoms with Crippen molar-refractivity contribution in [2.75, 3.05) is 4.90 Å². The number of hydrogen-bond acceptors (Lipinski definition) is 2. The van der Waals surface area contributed by atoms with Crippen molar-refractivity contribution in [2.24, 2.45) is 0 Å². The highest BCUT2D eigenvalue weighted by molar-refractivity contribution is 7.26. The first-order chi connectivity index (χ1) is 29.0. The number of thiophene rings is 1. The maximum absolute atomic E-state index is 2.45. The van der Waals surface area contributed by atoms with Gasteiger partial charge >= 0.3 is 0 Å². The summed E-state index contributed by atoms with van der Waals surface area (Å²) in [5.41, 5.74) is 18.4. The summed E-state index contributed by atoms with van der Waals surface area (Å²) in [6.07, 6.45) is 0. The van der Waals surface area contributed by atoms with Crippen LogP contribution in [0.25, 0.3) is 75.8 Å². The second kappa shape index (κ2) is 14.1. The van der Waals surface area contributed by atoms with Gasteiger partial charge in [-0.2, -0.15) is 0 Å². The first-order valence-electron chi connectivity index (χ1n) is 20.4. The summed E-state index contributed by atoms with van der Waals surface area (Å²) in [7, 11) is 0. The highest BCUT2D eigenvalue weighted by atomic mass is 32.1. The molecule has 59 heavy (non-hydrogen) atoms. The summed E-state index contributed by atoms with van der Waals surface area (Å²) < 4.78 is 2.71. The van der Waals surface area contributed by atoms with E-state index in [1.165, 1.54) is 86.9 Å². The van der Waals surface area contributed by atoms with Crippen LogP contribution in [0.5, 0.6) is 0 Å². The summed E-state index contributed by atoms with van der Waals surface area (Å²) >= 11 is 1.92. The maximum atomic E-state index is 2.45. The second-order valence-electron chi connectivity index (χ2n) is 16.1. The van der Waals surface area contributed by atoms with E-state index in [0.29, 0.717) is 0 Å². The van der Waals surface area contributed by atoms with Crippen LogP contribution in [0.15, 0.2) is 212 Å². The smallest absolute Gasteiger partial charge is 0.0468 e. The van der Waals surface area contributed by atoms with Crippen LogP contribution in [-0.2, 0) is 5.41 Å². The minimum Gasteiger partial charge on any atom is -0.310 e. The molecule has 11 rings (SSSR count). The lowest BCUT2D eigenvalue weighted by Gasteiger charge is -2.27. The lowest BCUT2D eigenvalue weighted by molar-refractivity contribution is 0.661. The molecule has 0 unspecified atom stereocenters. The molecular formula is C57H41NS. The Bertz CT molecular complexity index is 3030. The summed E-state index contributed by atoms with van der Waals surface area (Å²) in [4.78, 5) is 2.42. The van der Waals surface area contributed by atoms with E-state index in [1.807, 2.05) is 11.3 Å². The van der Waals surface area contributed by atoms with Crippen LogP contribution in [0.4, 0.5) is 17.1 Å². The second-order valence-corrected chi connectivity index (χ2v) is 17.2. The number of fused-ring (bicyclic) bond motifs is 7. The van der Waals surface area contributed by atoms with Crippen molar-refractivity contribution in [1.82, 2.24) is 0 Å². The van der Waals surface area contributed by atoms with Crippen LogP contribution in [0, 0.1) is 0 Å². The third kappa shape index (κ3) is 6.07. The Morgan fingerprint density at radius 2 is 0.814 bits per heavy atom. The molecule has 1 heterocycles. The fraction of sp³-hybridized carbons (Fsp3) is 0.0526. The fourth-order valence-corrected chi connectivity index (χ4v) is 10.5. The van der Waals surface area contributed by atoms with Crippen LogP contribution in [0.1, 0.15) is 25.0 Å². The third-order valence-corrected chi connectivity index (χ3v) is 13.5. The lowest BCUT2D eigenvalue weighted by Crippen LogP contribution is -2.15. The van der Waals surface area contributed by atoms with Gasteiger partial charge in [0.15, 0.2) is 0 Å². The van der Waals surface area contributed by atoms with Crippen LogP contribution in [0.3, 0.4) is 0 Å². The van der Waals surface area contributed by atoms with E-state index in [-0.39, 0.29) is 5.41 Å². The zero-order valence-corrected chi connectivity index (χ0v) is 33.9. The standard InChI is InChI=1S/C57H41NS/c1-57(2)52-33-31-48(37-51(52)55-53(57)34-32-50-49-21-9-10-22-54(49)59-56(50)55)58(46-27-23-40(24-28-46)44-19-11-17-42(35-44)38-13-5-3-6-14-38)47-29-25-41(26-30-47)45-20-12-18-43(36-45)39-15-7-4-8-16-39/h3-37H,1-2H3. The quantitative estimate of drug-likeness (QED) is 0.156. The molecule has 0 saturated carbocycles. The van der Waals surface area contributed by atoms with Crippen molar-refractivity contribution < 1.29 is 0 Å². The van der Waals surface area contributed by atoms with Crippen molar-refractivity contribution in [3.05, 3.63) is 223 Å². The number of rotatable bonds is 7. The Hall–Kier alpha value is -7.00. The topological polar surface area (TPSA) is 3.24 Å². The Balaban J connectivity index is 1.03. The first kappa shape index (κ1) is 35.2. The van der Waals surface area contributed by atoms with E-state index < -0.39 is 0 Å². The molecule has 0 bridgehead atoms. The van der Waals surface area contributed by atoms with Crippen molar-refractivity contribution >= 4 is 48.6 Å². The van der Waals surface area contributed by atoms with E-state index in [4.69, 9.17) is 0 Å². The van der Waals surface area contributed by atoms with Gasteiger partial charge < -0.3 is 4.90 Å². The Kier molecular flexibility index (Phi) is 8.43. The molecule has 0 spiro atoms. The molecule has 0 aliphatic heterocycles. The normalized spacial score (nSPS) is 12.7. The minimum absolute atomic E-state index is 0.107. The predicted octanol–water partition coefficient (Wildman–Crippen LogP) is 16.5. The summed E-state index contributed by atoms with van der Waals surface area (Å²) in [6, 6.07) is 77.8. The van der Waals surface area contributed by atoms with Crippen LogP contribution < -0.4 is 4.90 Å². The molecule has 0 fully saturated rings. The fourth-order valence-electron chi connectivity index (χ4n) is 9.22. The highest BCUT2D eigenvalue weighted by Crippen LogP contribution is 2.55. The van der Waals surface area contributed by atoms with Crippen LogP contribution >= 0.6 is 11.3 Å². The number of nitrogens with zero attached hydrogens (tertiary/aromatic N) is 1. The number of hydrogen-bond donors (Lipinski definition) is 0. The molecule has 10 aromatic rings. The monoisotopic (exact) mass is 771 g/mol. The van der Waals surface area contributed by atoms with Gasteiger partial charge in [-0.3, -0.25) is 0 Å². The molecule has 0 saturated heterocycles. The molecule has 0 atom stereocenters. The first-order valence-corrected chi connectivity index (χ1v) is 21.2. The molecular weight excluding hydrogens is 731 g/mol. The summed E-state index contributed by atoms with van der Waals surface area (Å²) in [5, 5.41) is 2.68. The summed E-state index contributed by atoms with van der Waals surface area (Å²) in [6.45, 7) is 4.76. The lowest BCUT2D eigenvalue weighted by atomic mass is 9.82. The van der Waals surface area contributed by atoms with E-state index in [0.717, 1.165) is 17.1 Å². The third-order valence-electron chi connectivity index (χ3n) is 12.3. The van der Waals surface area contributed by atoms with Crippen LogP contribution in [0.2, 0.25) is 0 Å². The Morgan fingerprint density at radius 3 is 1.37 bits per heavy atom. The van der Waals surface area contributed by atoms with E-state index in [1.54, 1.807) is 0 Å². The Morgan fingerprint density at radius 1 is 0.356 bits per heavy atom. The van der Waals surface area contributed by atoms with Gasteiger partial charge in [0.05, 0.1) is 0 Å². The SMILES string of the molecule is CC1(C)c2ccc(N(c3ccc(-c4cccc(-c5ccccc5)c4)cc3)c3ccc(-c4cccc(-c5ccccc5)c4)cc3)cc2-c2c1ccc1c2sc2ccccc21. The van der Waals surface area contributed by atoms with Crippen molar-refractivity contribution in [3.8, 4) is 55.6 Å². The molecule has 9 aromatic carbocycles. The van der Waals surface area contributed by atoms with Gasteiger partial charge in [-0.05, 0) is 116 Å². The molecule has 0 N–H and O–H groups in total. The highest BCUT2D eigenvalue weighted by Gasteiger charge is 2.37. The number of anilines is 3. The van der Waals surface area contributed by atoms with Gasteiger partial charge in [0.2, 0.25) is 0 Å². The maximum Gasteiger partial charge on any atom is 0.0468 e. The van der Waals surface area contributed by atoms with Gasteiger partial charge in [0.1, 0.15) is 0 Å². The molecule has 1 nitrogen and oxygen atoms in total. The van der Waals surface area contributed by atoms with Gasteiger partial charge in [-0.1, -0.05) is 172 Å². The molecule has 1 aliphatic carbocycles. The Labute approximate surface area is 350 Å². The van der Waals surface area contributed by atoms with Gasteiger partial charge in [-0.25, -0.2) is 0 Å². The molecule has 0 radical (unpaired) electrons. The van der Waals surface area contributed by atoms with Gasteiger partial charge in [-0.15, -0.1) is 11.3 Å².